The minimum Gasteiger partial charge on any atom is -0.497 e. The number of hydrogen-bond donors (Lipinski definition) is 1. The lowest BCUT2D eigenvalue weighted by molar-refractivity contribution is -0.0187. The van der Waals surface area contributed by atoms with Gasteiger partial charge in [-0.1, -0.05) is 54.6 Å². The Morgan fingerprint density at radius 2 is 1.52 bits per heavy atom. The molecule has 1 aliphatic heterocycles. The molecule has 0 saturated carbocycles. The molecule has 3 heterocycles. The molecule has 13 nitrogen and oxygen atoms in total. The molecule has 0 amide bonds. The SMILES string of the molecule is C/C=N\c1ncnc2c1ncn2C1CCC(COP(OCCC#N)N(C(C)C)C(C)C)O1.COc1ccc(C(N)(c2ccccc2)c2ccc(OC)cc2)cc1. The minimum atomic E-state index is -1.28. The molecular formula is C42H53N8O5P. The number of aromatic nitrogens is 4. The first-order valence-corrected chi connectivity index (χ1v) is 19.9. The zero-order valence-electron chi connectivity index (χ0n) is 33.3. The highest BCUT2D eigenvalue weighted by molar-refractivity contribution is 7.44. The van der Waals surface area contributed by atoms with Crippen LogP contribution in [0.1, 0.15) is 76.8 Å². The van der Waals surface area contributed by atoms with Gasteiger partial charge in [0.25, 0.3) is 8.53 Å². The van der Waals surface area contributed by atoms with Crippen LogP contribution in [0.2, 0.25) is 0 Å². The number of methoxy groups -OCH3 is 2. The number of benzene rings is 3. The van der Waals surface area contributed by atoms with Crippen LogP contribution in [0.15, 0.2) is 96.5 Å². The predicted molar refractivity (Wildman–Crippen MR) is 220 cm³/mol. The molecule has 1 aliphatic rings. The van der Waals surface area contributed by atoms with Crippen LogP contribution < -0.4 is 15.2 Å². The summed E-state index contributed by atoms with van der Waals surface area (Å²) in [5.74, 6) is 2.17. The molecule has 1 saturated heterocycles. The van der Waals surface area contributed by atoms with Crippen LogP contribution in [0.25, 0.3) is 11.2 Å². The highest BCUT2D eigenvalue weighted by Gasteiger charge is 2.33. The molecule has 0 aliphatic carbocycles. The Morgan fingerprint density at radius 1 is 0.911 bits per heavy atom. The first kappa shape index (κ1) is 42.3. The molecule has 14 heteroatoms. The quantitative estimate of drug-likeness (QED) is 0.0444. The van der Waals surface area contributed by atoms with Crippen LogP contribution >= 0.6 is 8.53 Å². The molecule has 3 atom stereocenters. The molecule has 5 aromatic rings. The maximum atomic E-state index is 8.86. The normalized spacial score (nSPS) is 16.3. The number of rotatable bonds is 16. The average molecular weight is 781 g/mol. The summed E-state index contributed by atoms with van der Waals surface area (Å²) in [5.41, 5.74) is 10.6. The van der Waals surface area contributed by atoms with Crippen molar-refractivity contribution in [2.24, 2.45) is 10.7 Å². The fourth-order valence-corrected chi connectivity index (χ4v) is 8.29. The van der Waals surface area contributed by atoms with Crippen molar-refractivity contribution >= 4 is 31.7 Å². The van der Waals surface area contributed by atoms with Crippen LogP contribution in [-0.4, -0.2) is 76.0 Å². The van der Waals surface area contributed by atoms with Gasteiger partial charge in [0.1, 0.15) is 24.1 Å². The molecule has 3 aromatic carbocycles. The van der Waals surface area contributed by atoms with Gasteiger partial charge in [0.05, 0.1) is 57.9 Å². The van der Waals surface area contributed by atoms with E-state index in [4.69, 9.17) is 34.3 Å². The van der Waals surface area contributed by atoms with E-state index in [2.05, 4.69) is 70.5 Å². The van der Waals surface area contributed by atoms with E-state index in [9.17, 15) is 0 Å². The van der Waals surface area contributed by atoms with Gasteiger partial charge < -0.3 is 29.0 Å². The van der Waals surface area contributed by atoms with Crippen molar-refractivity contribution in [3.05, 3.63) is 108 Å². The highest BCUT2D eigenvalue weighted by atomic mass is 31.2. The van der Waals surface area contributed by atoms with Crippen molar-refractivity contribution in [1.82, 2.24) is 24.2 Å². The summed E-state index contributed by atoms with van der Waals surface area (Å²) in [6, 6.07) is 28.5. The van der Waals surface area contributed by atoms with Crippen molar-refractivity contribution in [3.8, 4) is 17.6 Å². The lowest BCUT2D eigenvalue weighted by atomic mass is 9.78. The van der Waals surface area contributed by atoms with E-state index in [1.165, 1.54) is 6.33 Å². The second-order valence-electron chi connectivity index (χ2n) is 13.7. The topological polar surface area (TPSA) is 155 Å². The number of fused-ring (bicyclic) bond motifs is 1. The summed E-state index contributed by atoms with van der Waals surface area (Å²) < 4.78 is 33.2. The maximum absolute atomic E-state index is 8.86. The van der Waals surface area contributed by atoms with Gasteiger partial charge in [0.15, 0.2) is 17.0 Å². The van der Waals surface area contributed by atoms with Gasteiger partial charge in [-0.2, -0.15) is 5.26 Å². The third-order valence-electron chi connectivity index (χ3n) is 9.34. The van der Waals surface area contributed by atoms with Crippen molar-refractivity contribution in [2.75, 3.05) is 27.4 Å². The maximum Gasteiger partial charge on any atom is 0.259 e. The van der Waals surface area contributed by atoms with Gasteiger partial charge in [0.2, 0.25) is 0 Å². The number of nitrogens with two attached hydrogens (primary N) is 1. The second kappa shape index (κ2) is 20.4. The van der Waals surface area contributed by atoms with Crippen LogP contribution in [0.3, 0.4) is 0 Å². The molecule has 296 valence electrons. The van der Waals surface area contributed by atoms with Crippen molar-refractivity contribution in [1.29, 1.82) is 5.26 Å². The third kappa shape index (κ3) is 10.1. The summed E-state index contributed by atoms with van der Waals surface area (Å²) in [6.45, 7) is 11.1. The number of ether oxygens (including phenoxy) is 3. The molecule has 6 rings (SSSR count). The van der Waals surface area contributed by atoms with E-state index >= 15 is 0 Å². The molecule has 2 N–H and O–H groups in total. The van der Waals surface area contributed by atoms with Crippen molar-refractivity contribution in [2.45, 2.75) is 83.8 Å². The largest absolute Gasteiger partial charge is 0.497 e. The number of nitrogens with zero attached hydrogens (tertiary/aromatic N) is 7. The predicted octanol–water partition coefficient (Wildman–Crippen LogP) is 8.47. The lowest BCUT2D eigenvalue weighted by Crippen LogP contribution is -2.39. The Hall–Kier alpha value is -4.80. The molecular weight excluding hydrogens is 727 g/mol. The molecule has 0 bridgehead atoms. The average Bonchev–Trinajstić information content (AvgIpc) is 3.88. The van der Waals surface area contributed by atoms with Crippen LogP contribution in [0.5, 0.6) is 11.5 Å². The molecule has 0 spiro atoms. The summed E-state index contributed by atoms with van der Waals surface area (Å²) in [5, 5.41) is 8.86. The Morgan fingerprint density at radius 3 is 2.07 bits per heavy atom. The van der Waals surface area contributed by atoms with Gasteiger partial charge >= 0.3 is 0 Å². The van der Waals surface area contributed by atoms with E-state index in [1.54, 1.807) is 26.8 Å². The standard InChI is InChI=1S/C21H32N7O3P.C21H21NO2/c1-6-23-20-19-21(25-13-24-20)27(14-26-19)18-9-8-17(31-18)12-30-32(29-11-7-10-22)28(15(2)3)16(4)5;1-23-19-12-8-17(9-13-19)21(22,16-6-4-3-5-7-16)18-10-14-20(24-2)15-11-18/h6,13-18H,7-9,11-12H2,1-5H3;3-15H,22H2,1-2H3/b23-6-;. The third-order valence-corrected chi connectivity index (χ3v) is 11.4. The fraction of sp³-hybridized carbons (Fsp3) is 0.405. The zero-order valence-corrected chi connectivity index (χ0v) is 34.2. The molecule has 3 unspecified atom stereocenters. The van der Waals surface area contributed by atoms with Crippen molar-refractivity contribution < 1.29 is 23.3 Å². The Labute approximate surface area is 331 Å². The monoisotopic (exact) mass is 780 g/mol. The van der Waals surface area contributed by atoms with Gasteiger partial charge in [-0.15, -0.1) is 0 Å². The Kier molecular flexibility index (Phi) is 15.4. The molecule has 2 aromatic heterocycles. The number of aliphatic imine (C=N–C) groups is 1. The van der Waals surface area contributed by atoms with E-state index in [0.29, 0.717) is 36.6 Å². The minimum absolute atomic E-state index is 0.0573. The van der Waals surface area contributed by atoms with E-state index in [1.807, 2.05) is 78.2 Å². The Balaban J connectivity index is 0.000000223. The van der Waals surface area contributed by atoms with Crippen LogP contribution in [0.4, 0.5) is 5.82 Å². The molecule has 1 fully saturated rings. The van der Waals surface area contributed by atoms with Crippen LogP contribution in [-0.2, 0) is 19.3 Å². The van der Waals surface area contributed by atoms with Gasteiger partial charge in [-0.05, 0) is 88.4 Å². The number of nitriles is 1. The summed E-state index contributed by atoms with van der Waals surface area (Å²) in [6.07, 6.45) is 6.73. The first-order chi connectivity index (χ1) is 27.1. The van der Waals surface area contributed by atoms with E-state index in [-0.39, 0.29) is 24.4 Å². The smallest absolute Gasteiger partial charge is 0.259 e. The van der Waals surface area contributed by atoms with Crippen LogP contribution in [0, 0.1) is 11.3 Å². The number of imidazole rings is 1. The highest BCUT2D eigenvalue weighted by Crippen LogP contribution is 2.47. The second-order valence-corrected chi connectivity index (χ2v) is 15.1. The van der Waals surface area contributed by atoms with Gasteiger partial charge in [-0.3, -0.25) is 4.57 Å². The molecule has 56 heavy (non-hydrogen) atoms. The van der Waals surface area contributed by atoms with E-state index in [0.717, 1.165) is 41.0 Å². The summed E-state index contributed by atoms with van der Waals surface area (Å²) in [7, 11) is 2.04. The summed E-state index contributed by atoms with van der Waals surface area (Å²) >= 11 is 0. The lowest BCUT2D eigenvalue weighted by Gasteiger charge is -2.36. The molecule has 0 radical (unpaired) electrons. The van der Waals surface area contributed by atoms with Gasteiger partial charge in [0, 0.05) is 18.3 Å². The Bertz CT molecular complexity index is 1960. The first-order valence-electron chi connectivity index (χ1n) is 18.8. The fourth-order valence-electron chi connectivity index (χ4n) is 6.65. The van der Waals surface area contributed by atoms with Crippen molar-refractivity contribution in [3.63, 3.8) is 0 Å². The van der Waals surface area contributed by atoms with E-state index < -0.39 is 14.1 Å². The number of hydrogen-bond acceptors (Lipinski definition) is 12. The summed E-state index contributed by atoms with van der Waals surface area (Å²) in [4.78, 5) is 17.3. The van der Waals surface area contributed by atoms with Gasteiger partial charge in [-0.25, -0.2) is 24.6 Å². The zero-order chi connectivity index (χ0) is 40.1.